The molecule has 0 unspecified atom stereocenters. The molecule has 3 nitrogen and oxygen atoms in total. The molecule has 0 spiro atoms. The Balaban J connectivity index is 1.78. The fourth-order valence-electron chi connectivity index (χ4n) is 2.13. The van der Waals surface area contributed by atoms with Gasteiger partial charge < -0.3 is 0 Å². The van der Waals surface area contributed by atoms with Gasteiger partial charge in [-0.15, -0.1) is 0 Å². The van der Waals surface area contributed by atoms with E-state index in [2.05, 4.69) is 10.3 Å². The Labute approximate surface area is 147 Å². The van der Waals surface area contributed by atoms with Crippen LogP contribution in [0, 0.1) is 6.92 Å². The van der Waals surface area contributed by atoms with E-state index in [0.29, 0.717) is 15.2 Å². The van der Waals surface area contributed by atoms with Crippen molar-refractivity contribution in [3.63, 3.8) is 0 Å². The molecule has 3 rings (SSSR count). The van der Waals surface area contributed by atoms with E-state index in [1.165, 1.54) is 17.4 Å². The van der Waals surface area contributed by atoms with E-state index in [1.54, 1.807) is 12.1 Å². The first-order valence-corrected chi connectivity index (χ1v) is 8.40. The van der Waals surface area contributed by atoms with Crippen molar-refractivity contribution in [3.05, 3.63) is 63.6 Å². The zero-order valence-electron chi connectivity index (χ0n) is 12.1. The Hall–Kier alpha value is -1.88. The number of rotatable bonds is 3. The molecule has 1 heterocycles. The van der Waals surface area contributed by atoms with Gasteiger partial charge in [-0.3, -0.25) is 10.1 Å². The highest BCUT2D eigenvalue weighted by Gasteiger charge is 2.09. The van der Waals surface area contributed by atoms with Crippen LogP contribution < -0.4 is 5.32 Å². The molecule has 0 radical (unpaired) electrons. The number of nitrogens with zero attached hydrogens (tertiary/aromatic N) is 1. The van der Waals surface area contributed by atoms with Crippen LogP contribution in [-0.2, 0) is 4.79 Å². The third kappa shape index (κ3) is 3.72. The first kappa shape index (κ1) is 16.0. The number of aromatic nitrogens is 1. The van der Waals surface area contributed by atoms with Gasteiger partial charge in [0.15, 0.2) is 5.13 Å². The summed E-state index contributed by atoms with van der Waals surface area (Å²) in [6.45, 7) is 1.94. The fraction of sp³-hybridized carbons (Fsp3) is 0.0588. The molecule has 0 saturated carbocycles. The van der Waals surface area contributed by atoms with Gasteiger partial charge in [0.2, 0.25) is 5.91 Å². The van der Waals surface area contributed by atoms with Gasteiger partial charge in [-0.05, 0) is 42.3 Å². The summed E-state index contributed by atoms with van der Waals surface area (Å²) >= 11 is 13.5. The number of amides is 1. The lowest BCUT2D eigenvalue weighted by Crippen LogP contribution is -2.07. The molecule has 0 saturated heterocycles. The predicted molar refractivity (Wildman–Crippen MR) is 98.5 cm³/mol. The van der Waals surface area contributed by atoms with Crippen LogP contribution in [0.1, 0.15) is 11.1 Å². The van der Waals surface area contributed by atoms with Crippen LogP contribution >= 0.6 is 34.5 Å². The van der Waals surface area contributed by atoms with E-state index in [9.17, 15) is 4.79 Å². The Morgan fingerprint density at radius 2 is 2.04 bits per heavy atom. The van der Waals surface area contributed by atoms with Crippen LogP contribution in [0.5, 0.6) is 0 Å². The second-order valence-electron chi connectivity index (χ2n) is 4.93. The molecule has 116 valence electrons. The first-order chi connectivity index (χ1) is 11.0. The molecule has 2 aromatic carbocycles. The monoisotopic (exact) mass is 362 g/mol. The van der Waals surface area contributed by atoms with Gasteiger partial charge in [0.1, 0.15) is 0 Å². The summed E-state index contributed by atoms with van der Waals surface area (Å²) in [6.07, 6.45) is 3.11. The molecular weight excluding hydrogens is 351 g/mol. The lowest BCUT2D eigenvalue weighted by Gasteiger charge is -1.97. The molecule has 1 amide bonds. The van der Waals surface area contributed by atoms with Crippen LogP contribution in [-0.4, -0.2) is 10.9 Å². The van der Waals surface area contributed by atoms with E-state index in [-0.39, 0.29) is 5.91 Å². The maximum absolute atomic E-state index is 12.0. The lowest BCUT2D eigenvalue weighted by atomic mass is 10.2. The van der Waals surface area contributed by atoms with Gasteiger partial charge in [0.25, 0.3) is 0 Å². The highest BCUT2D eigenvalue weighted by atomic mass is 35.5. The zero-order valence-corrected chi connectivity index (χ0v) is 14.5. The summed E-state index contributed by atoms with van der Waals surface area (Å²) in [7, 11) is 0. The van der Waals surface area contributed by atoms with Crippen LogP contribution in [0.2, 0.25) is 10.0 Å². The normalized spacial score (nSPS) is 11.3. The predicted octanol–water partition coefficient (Wildman–Crippen LogP) is 5.56. The number of fused-ring (bicyclic) bond motifs is 1. The number of carbonyl (C=O) groups is 1. The minimum atomic E-state index is -0.257. The molecule has 0 fully saturated rings. The number of aryl methyl sites for hydroxylation is 1. The topological polar surface area (TPSA) is 42.0 Å². The van der Waals surface area contributed by atoms with Crippen LogP contribution in [0.4, 0.5) is 5.13 Å². The van der Waals surface area contributed by atoms with Crippen molar-refractivity contribution >= 4 is 61.9 Å². The van der Waals surface area contributed by atoms with Gasteiger partial charge in [-0.25, -0.2) is 4.98 Å². The van der Waals surface area contributed by atoms with E-state index in [1.807, 2.05) is 37.3 Å². The SMILES string of the molecule is Cc1cc(Cl)cc2sc(NC(=O)/C=C/c3ccccc3Cl)nc12. The smallest absolute Gasteiger partial charge is 0.250 e. The second-order valence-corrected chi connectivity index (χ2v) is 6.81. The number of hydrogen-bond acceptors (Lipinski definition) is 3. The Bertz CT molecular complexity index is 918. The number of anilines is 1. The number of nitrogens with one attached hydrogen (secondary N) is 1. The van der Waals surface area contributed by atoms with Crippen molar-refractivity contribution in [1.82, 2.24) is 4.98 Å². The Morgan fingerprint density at radius 3 is 2.83 bits per heavy atom. The standard InChI is InChI=1S/C17H12Cl2N2OS/c1-10-8-12(18)9-14-16(10)21-17(23-14)20-15(22)7-6-11-4-2-3-5-13(11)19/h2-9H,1H3,(H,20,21,22)/b7-6+. The third-order valence-electron chi connectivity index (χ3n) is 3.20. The quantitative estimate of drug-likeness (QED) is 0.619. The van der Waals surface area contributed by atoms with Crippen molar-refractivity contribution in [1.29, 1.82) is 0 Å². The van der Waals surface area contributed by atoms with Gasteiger partial charge in [-0.2, -0.15) is 0 Å². The van der Waals surface area contributed by atoms with Crippen molar-refractivity contribution in [2.24, 2.45) is 0 Å². The third-order valence-corrected chi connectivity index (χ3v) is 4.68. The Kier molecular flexibility index (Phi) is 4.66. The maximum Gasteiger partial charge on any atom is 0.250 e. The maximum atomic E-state index is 12.0. The molecule has 0 atom stereocenters. The molecule has 0 aliphatic carbocycles. The van der Waals surface area contributed by atoms with Crippen molar-refractivity contribution in [3.8, 4) is 0 Å². The number of thiazole rings is 1. The molecule has 6 heteroatoms. The molecule has 23 heavy (non-hydrogen) atoms. The van der Waals surface area contributed by atoms with Gasteiger partial charge in [0.05, 0.1) is 10.2 Å². The molecular formula is C17H12Cl2N2OS. The first-order valence-electron chi connectivity index (χ1n) is 6.83. The molecule has 3 aromatic rings. The van der Waals surface area contributed by atoms with Gasteiger partial charge >= 0.3 is 0 Å². The van der Waals surface area contributed by atoms with E-state index < -0.39 is 0 Å². The highest BCUT2D eigenvalue weighted by molar-refractivity contribution is 7.22. The second kappa shape index (κ2) is 6.71. The number of halogens is 2. The van der Waals surface area contributed by atoms with Gasteiger partial charge in [0, 0.05) is 16.1 Å². The summed E-state index contributed by atoms with van der Waals surface area (Å²) in [5.41, 5.74) is 2.62. The minimum Gasteiger partial charge on any atom is -0.298 e. The average Bonchev–Trinajstić information content (AvgIpc) is 2.89. The van der Waals surface area contributed by atoms with Crippen LogP contribution in [0.15, 0.2) is 42.5 Å². The molecule has 0 bridgehead atoms. The van der Waals surface area contributed by atoms with E-state index in [4.69, 9.17) is 23.2 Å². The van der Waals surface area contributed by atoms with E-state index in [0.717, 1.165) is 21.3 Å². The summed E-state index contributed by atoms with van der Waals surface area (Å²) in [5.74, 6) is -0.257. The van der Waals surface area contributed by atoms with Crippen LogP contribution in [0.3, 0.4) is 0 Å². The molecule has 0 aliphatic heterocycles. The fourth-order valence-corrected chi connectivity index (χ4v) is 3.65. The summed E-state index contributed by atoms with van der Waals surface area (Å²) in [6, 6.07) is 11.0. The lowest BCUT2D eigenvalue weighted by molar-refractivity contribution is -0.111. The van der Waals surface area contributed by atoms with Gasteiger partial charge in [-0.1, -0.05) is 52.7 Å². The van der Waals surface area contributed by atoms with Crippen LogP contribution in [0.25, 0.3) is 16.3 Å². The summed E-state index contributed by atoms with van der Waals surface area (Å²) in [4.78, 5) is 16.5. The largest absolute Gasteiger partial charge is 0.298 e. The van der Waals surface area contributed by atoms with E-state index >= 15 is 0 Å². The Morgan fingerprint density at radius 1 is 1.26 bits per heavy atom. The number of hydrogen-bond donors (Lipinski definition) is 1. The summed E-state index contributed by atoms with van der Waals surface area (Å²) < 4.78 is 0.945. The minimum absolute atomic E-state index is 0.257. The molecule has 1 aromatic heterocycles. The average molecular weight is 363 g/mol. The molecule has 1 N–H and O–H groups in total. The highest BCUT2D eigenvalue weighted by Crippen LogP contribution is 2.31. The summed E-state index contributed by atoms with van der Waals surface area (Å²) in [5, 5.41) is 4.57. The van der Waals surface area contributed by atoms with Crippen molar-refractivity contribution in [2.45, 2.75) is 6.92 Å². The number of carbonyl (C=O) groups excluding carboxylic acids is 1. The molecule has 0 aliphatic rings. The zero-order chi connectivity index (χ0) is 16.4. The van der Waals surface area contributed by atoms with Crippen molar-refractivity contribution in [2.75, 3.05) is 5.32 Å². The number of benzene rings is 2. The van der Waals surface area contributed by atoms with Crippen molar-refractivity contribution < 1.29 is 4.79 Å².